The van der Waals surface area contributed by atoms with E-state index in [-0.39, 0.29) is 30.4 Å². The van der Waals surface area contributed by atoms with E-state index in [1.54, 1.807) is 29.2 Å². The number of ether oxygens (including phenoxy) is 3. The van der Waals surface area contributed by atoms with E-state index in [0.717, 1.165) is 12.8 Å². The fourth-order valence-electron chi connectivity index (χ4n) is 3.16. The van der Waals surface area contributed by atoms with Gasteiger partial charge in [-0.3, -0.25) is 9.59 Å². The molecule has 1 aliphatic heterocycles. The second kappa shape index (κ2) is 10.8. The number of esters is 1. The summed E-state index contributed by atoms with van der Waals surface area (Å²) in [5, 5.41) is 2.71. The molecule has 0 aliphatic carbocycles. The molecule has 0 bridgehead atoms. The summed E-state index contributed by atoms with van der Waals surface area (Å²) in [6, 6.07) is 6.10. The molecule has 1 saturated heterocycles. The van der Waals surface area contributed by atoms with E-state index in [9.17, 15) is 14.4 Å². The van der Waals surface area contributed by atoms with Crippen LogP contribution >= 0.6 is 0 Å². The van der Waals surface area contributed by atoms with Gasteiger partial charge in [0.2, 0.25) is 5.91 Å². The molecule has 29 heavy (non-hydrogen) atoms. The lowest BCUT2D eigenvalue weighted by Crippen LogP contribution is -2.45. The zero-order valence-corrected chi connectivity index (χ0v) is 17.5. The van der Waals surface area contributed by atoms with E-state index in [1.807, 2.05) is 13.8 Å². The third-order valence-corrected chi connectivity index (χ3v) is 4.89. The number of nitrogens with one attached hydrogen (secondary N) is 1. The van der Waals surface area contributed by atoms with Crippen molar-refractivity contribution >= 4 is 17.8 Å². The number of rotatable bonds is 8. The van der Waals surface area contributed by atoms with Crippen LogP contribution in [0.15, 0.2) is 24.3 Å². The molecule has 160 valence electrons. The Kier molecular flexibility index (Phi) is 8.45. The van der Waals surface area contributed by atoms with Crippen LogP contribution in [0.2, 0.25) is 0 Å². The quantitative estimate of drug-likeness (QED) is 0.660. The molecule has 0 unspecified atom stereocenters. The summed E-state index contributed by atoms with van der Waals surface area (Å²) in [5.74, 6) is -0.241. The maximum Gasteiger partial charge on any atom is 0.328 e. The van der Waals surface area contributed by atoms with Gasteiger partial charge in [-0.1, -0.05) is 13.8 Å². The van der Waals surface area contributed by atoms with Crippen molar-refractivity contribution in [1.29, 1.82) is 0 Å². The van der Waals surface area contributed by atoms with Gasteiger partial charge < -0.3 is 24.4 Å². The molecule has 1 N–H and O–H groups in total. The first-order valence-electron chi connectivity index (χ1n) is 9.77. The molecule has 0 saturated carbocycles. The monoisotopic (exact) mass is 406 g/mol. The molecule has 8 nitrogen and oxygen atoms in total. The molecular formula is C21H30N2O6. The lowest BCUT2D eigenvalue weighted by atomic mass is 10.0. The van der Waals surface area contributed by atoms with Crippen LogP contribution in [-0.2, 0) is 19.1 Å². The van der Waals surface area contributed by atoms with Crippen LogP contribution in [0.5, 0.6) is 5.75 Å². The van der Waals surface area contributed by atoms with E-state index in [4.69, 9.17) is 14.2 Å². The molecule has 0 aromatic heterocycles. The zero-order chi connectivity index (χ0) is 21.4. The van der Waals surface area contributed by atoms with Crippen LogP contribution < -0.4 is 10.1 Å². The average molecular weight is 406 g/mol. The highest BCUT2D eigenvalue weighted by atomic mass is 16.5. The molecule has 1 heterocycles. The maximum atomic E-state index is 12.4. The number of carbonyl (C=O) groups excluding carboxylic acids is 3. The highest BCUT2D eigenvalue weighted by Crippen LogP contribution is 2.20. The van der Waals surface area contributed by atoms with Gasteiger partial charge in [0.25, 0.3) is 5.91 Å². The van der Waals surface area contributed by atoms with Crippen molar-refractivity contribution in [2.45, 2.75) is 38.8 Å². The number of carbonyl (C=O) groups is 3. The van der Waals surface area contributed by atoms with Gasteiger partial charge >= 0.3 is 5.97 Å². The Labute approximate surface area is 171 Å². The minimum atomic E-state index is -0.700. The van der Waals surface area contributed by atoms with Crippen molar-refractivity contribution in [2.75, 3.05) is 33.9 Å². The summed E-state index contributed by atoms with van der Waals surface area (Å²) < 4.78 is 15.6. The second-order valence-corrected chi connectivity index (χ2v) is 7.37. The van der Waals surface area contributed by atoms with Gasteiger partial charge in [0.1, 0.15) is 24.5 Å². The van der Waals surface area contributed by atoms with Crippen LogP contribution in [0.1, 0.15) is 37.0 Å². The lowest BCUT2D eigenvalue weighted by molar-refractivity contribution is -0.144. The largest absolute Gasteiger partial charge is 0.490 e. The second-order valence-electron chi connectivity index (χ2n) is 7.37. The molecule has 1 aromatic carbocycles. The number of piperidine rings is 1. The summed E-state index contributed by atoms with van der Waals surface area (Å²) in [4.78, 5) is 37.9. The molecule has 2 rings (SSSR count). The van der Waals surface area contributed by atoms with E-state index >= 15 is 0 Å². The van der Waals surface area contributed by atoms with Crippen molar-refractivity contribution in [3.63, 3.8) is 0 Å². The van der Waals surface area contributed by atoms with Crippen molar-refractivity contribution in [3.8, 4) is 5.75 Å². The van der Waals surface area contributed by atoms with Crippen LogP contribution in [0.3, 0.4) is 0 Å². The van der Waals surface area contributed by atoms with E-state index in [0.29, 0.717) is 24.4 Å². The van der Waals surface area contributed by atoms with Crippen LogP contribution in [0.25, 0.3) is 0 Å². The number of methoxy groups -OCH3 is 2. The summed E-state index contributed by atoms with van der Waals surface area (Å²) in [7, 11) is 2.81. The Bertz CT molecular complexity index is 696. The minimum Gasteiger partial charge on any atom is -0.490 e. The summed E-state index contributed by atoms with van der Waals surface area (Å²) in [6.07, 6.45) is 1.51. The molecule has 1 atom stereocenters. The molecule has 0 spiro atoms. The number of benzene rings is 1. The van der Waals surface area contributed by atoms with E-state index in [1.165, 1.54) is 14.2 Å². The summed E-state index contributed by atoms with van der Waals surface area (Å²) in [5.41, 5.74) is 0.437. The van der Waals surface area contributed by atoms with Gasteiger partial charge in [0.15, 0.2) is 0 Å². The highest BCUT2D eigenvalue weighted by molar-refractivity contribution is 5.96. The first kappa shape index (κ1) is 22.7. The van der Waals surface area contributed by atoms with Gasteiger partial charge in [-0.15, -0.1) is 0 Å². The molecule has 1 aromatic rings. The predicted octanol–water partition coefficient (Wildman–Crippen LogP) is 1.63. The molecule has 2 amide bonds. The third-order valence-electron chi connectivity index (χ3n) is 4.89. The van der Waals surface area contributed by atoms with Crippen molar-refractivity contribution in [3.05, 3.63) is 29.8 Å². The first-order valence-corrected chi connectivity index (χ1v) is 9.77. The number of likely N-dealkylation sites (tertiary alicyclic amines) is 1. The standard InChI is InChI=1S/C21H30N2O6/c1-14(2)19(21(26)28-4)22-20(25)15-5-7-16(8-6-15)29-17-9-11-23(12-10-17)18(24)13-27-3/h5-8,14,17,19H,9-13H2,1-4H3,(H,22,25)/t19-/m0/s1. The maximum absolute atomic E-state index is 12.4. The van der Waals surface area contributed by atoms with Gasteiger partial charge in [-0.2, -0.15) is 0 Å². The van der Waals surface area contributed by atoms with E-state index < -0.39 is 12.0 Å². The Morgan fingerprint density at radius 3 is 2.24 bits per heavy atom. The van der Waals surface area contributed by atoms with Crippen LogP contribution in [0, 0.1) is 5.92 Å². The Morgan fingerprint density at radius 2 is 1.72 bits per heavy atom. The molecule has 8 heteroatoms. The molecule has 1 fully saturated rings. The molecule has 1 aliphatic rings. The average Bonchev–Trinajstić information content (AvgIpc) is 2.72. The predicted molar refractivity (Wildman–Crippen MR) is 107 cm³/mol. The van der Waals surface area contributed by atoms with Gasteiger partial charge in [0, 0.05) is 38.6 Å². The number of hydrogen-bond donors (Lipinski definition) is 1. The fraction of sp³-hybridized carbons (Fsp3) is 0.571. The fourth-order valence-corrected chi connectivity index (χ4v) is 3.16. The van der Waals surface area contributed by atoms with Gasteiger partial charge in [-0.05, 0) is 30.2 Å². The normalized spacial score (nSPS) is 15.7. The molecular weight excluding hydrogens is 376 g/mol. The van der Waals surface area contributed by atoms with Crippen LogP contribution in [0.4, 0.5) is 0 Å². The lowest BCUT2D eigenvalue weighted by Gasteiger charge is -2.32. The molecule has 0 radical (unpaired) electrons. The Morgan fingerprint density at radius 1 is 1.10 bits per heavy atom. The smallest absolute Gasteiger partial charge is 0.328 e. The van der Waals surface area contributed by atoms with Gasteiger partial charge in [-0.25, -0.2) is 4.79 Å². The van der Waals surface area contributed by atoms with Crippen molar-refractivity contribution in [1.82, 2.24) is 10.2 Å². The van der Waals surface area contributed by atoms with Crippen molar-refractivity contribution < 1.29 is 28.6 Å². The number of nitrogens with zero attached hydrogens (tertiary/aromatic N) is 1. The van der Waals surface area contributed by atoms with Gasteiger partial charge in [0.05, 0.1) is 7.11 Å². The summed E-state index contributed by atoms with van der Waals surface area (Å²) in [6.45, 7) is 5.05. The Hall–Kier alpha value is -2.61. The van der Waals surface area contributed by atoms with Crippen molar-refractivity contribution in [2.24, 2.45) is 5.92 Å². The third kappa shape index (κ3) is 6.45. The van der Waals surface area contributed by atoms with E-state index in [2.05, 4.69) is 5.32 Å². The number of amides is 2. The Balaban J connectivity index is 1.88. The first-order chi connectivity index (χ1) is 13.8. The topological polar surface area (TPSA) is 94.2 Å². The van der Waals surface area contributed by atoms with Crippen LogP contribution in [-0.4, -0.2) is 68.7 Å². The highest BCUT2D eigenvalue weighted by Gasteiger charge is 2.26. The minimum absolute atomic E-state index is 0.00651. The number of hydrogen-bond acceptors (Lipinski definition) is 6. The zero-order valence-electron chi connectivity index (χ0n) is 17.5. The summed E-state index contributed by atoms with van der Waals surface area (Å²) >= 11 is 0. The SMILES string of the molecule is COCC(=O)N1CCC(Oc2ccc(C(=O)N[C@H](C(=O)OC)C(C)C)cc2)CC1.